The third-order valence-electron chi connectivity index (χ3n) is 5.13. The van der Waals surface area contributed by atoms with E-state index < -0.39 is 0 Å². The predicted octanol–water partition coefficient (Wildman–Crippen LogP) is 1.13. The molecule has 0 bridgehead atoms. The van der Waals surface area contributed by atoms with Gasteiger partial charge in [-0.2, -0.15) is 0 Å². The number of nitrogens with zero attached hydrogens (tertiary/aromatic N) is 2. The minimum atomic E-state index is -0.108. The van der Waals surface area contributed by atoms with E-state index in [-0.39, 0.29) is 23.9 Å². The van der Waals surface area contributed by atoms with Crippen molar-refractivity contribution in [1.29, 1.82) is 0 Å². The van der Waals surface area contributed by atoms with E-state index in [2.05, 4.69) is 10.2 Å². The fraction of sp³-hybridized carbons (Fsp3) is 0.579. The molecule has 2 amide bonds. The zero-order valence-electron chi connectivity index (χ0n) is 14.8. The zero-order valence-corrected chi connectivity index (χ0v) is 14.8. The molecule has 2 aliphatic rings. The first kappa shape index (κ1) is 17.9. The van der Waals surface area contributed by atoms with Crippen LogP contribution in [0.25, 0.3) is 0 Å². The molecule has 0 spiro atoms. The maximum Gasteiger partial charge on any atom is 0.251 e. The van der Waals surface area contributed by atoms with Crippen molar-refractivity contribution in [3.63, 3.8) is 0 Å². The van der Waals surface area contributed by atoms with Crippen molar-refractivity contribution >= 4 is 11.8 Å². The Kier molecular flexibility index (Phi) is 6.04. The van der Waals surface area contributed by atoms with Crippen molar-refractivity contribution in [3.05, 3.63) is 35.9 Å². The van der Waals surface area contributed by atoms with E-state index in [0.717, 1.165) is 25.9 Å². The first-order chi connectivity index (χ1) is 12.1. The van der Waals surface area contributed by atoms with Crippen molar-refractivity contribution in [1.82, 2.24) is 15.1 Å². The fourth-order valence-corrected chi connectivity index (χ4v) is 3.49. The van der Waals surface area contributed by atoms with Crippen LogP contribution < -0.4 is 5.32 Å². The number of hydrogen-bond donors (Lipinski definition) is 1. The smallest absolute Gasteiger partial charge is 0.251 e. The van der Waals surface area contributed by atoms with E-state index >= 15 is 0 Å². The van der Waals surface area contributed by atoms with Crippen molar-refractivity contribution < 1.29 is 14.3 Å². The Morgan fingerprint density at radius 1 is 1.08 bits per heavy atom. The highest BCUT2D eigenvalue weighted by Crippen LogP contribution is 2.16. The van der Waals surface area contributed by atoms with E-state index in [4.69, 9.17) is 4.74 Å². The average molecular weight is 345 g/mol. The van der Waals surface area contributed by atoms with E-state index in [1.165, 1.54) is 0 Å². The minimum absolute atomic E-state index is 0.0171. The molecule has 2 saturated heterocycles. The van der Waals surface area contributed by atoms with Crippen molar-refractivity contribution in [2.75, 3.05) is 39.4 Å². The number of amides is 2. The Hall–Kier alpha value is -1.92. The number of morpholine rings is 1. The Morgan fingerprint density at radius 2 is 1.72 bits per heavy atom. The van der Waals surface area contributed by atoms with Crippen LogP contribution in [0.4, 0.5) is 0 Å². The molecule has 2 fully saturated rings. The van der Waals surface area contributed by atoms with Crippen molar-refractivity contribution in [3.8, 4) is 0 Å². The molecule has 136 valence electrons. The third kappa shape index (κ3) is 4.58. The van der Waals surface area contributed by atoms with Crippen LogP contribution in [-0.4, -0.2) is 73.1 Å². The predicted molar refractivity (Wildman–Crippen MR) is 95.4 cm³/mol. The van der Waals surface area contributed by atoms with Crippen LogP contribution in [0, 0.1) is 0 Å². The van der Waals surface area contributed by atoms with Gasteiger partial charge in [0.05, 0.1) is 19.3 Å². The van der Waals surface area contributed by atoms with Gasteiger partial charge in [0.25, 0.3) is 5.91 Å². The second-order valence-electron chi connectivity index (χ2n) is 6.76. The molecule has 0 unspecified atom stereocenters. The number of benzene rings is 1. The van der Waals surface area contributed by atoms with Gasteiger partial charge in [0, 0.05) is 37.8 Å². The lowest BCUT2D eigenvalue weighted by Crippen LogP contribution is -2.54. The SMILES string of the molecule is C[C@@H](C(=O)N1CCOCC1)N1CCC(NC(=O)c2ccccc2)CC1. The molecule has 1 atom stereocenters. The maximum atomic E-state index is 12.6. The number of hydrogen-bond acceptors (Lipinski definition) is 4. The summed E-state index contributed by atoms with van der Waals surface area (Å²) in [5, 5.41) is 3.11. The lowest BCUT2D eigenvalue weighted by Gasteiger charge is -2.38. The van der Waals surface area contributed by atoms with Crippen LogP contribution in [0.15, 0.2) is 30.3 Å². The van der Waals surface area contributed by atoms with Crippen LogP contribution in [0.1, 0.15) is 30.1 Å². The van der Waals surface area contributed by atoms with E-state index in [1.54, 1.807) is 0 Å². The highest BCUT2D eigenvalue weighted by atomic mass is 16.5. The summed E-state index contributed by atoms with van der Waals surface area (Å²) >= 11 is 0. The van der Waals surface area contributed by atoms with Gasteiger partial charge in [-0.05, 0) is 31.9 Å². The number of likely N-dealkylation sites (tertiary alicyclic amines) is 1. The van der Waals surface area contributed by atoms with Crippen LogP contribution in [0.3, 0.4) is 0 Å². The third-order valence-corrected chi connectivity index (χ3v) is 5.13. The molecule has 1 N–H and O–H groups in total. The molecule has 25 heavy (non-hydrogen) atoms. The number of carbonyl (C=O) groups is 2. The maximum absolute atomic E-state index is 12.6. The highest BCUT2D eigenvalue weighted by molar-refractivity contribution is 5.94. The van der Waals surface area contributed by atoms with Gasteiger partial charge < -0.3 is 15.0 Å². The molecule has 6 nitrogen and oxygen atoms in total. The van der Waals surface area contributed by atoms with E-state index in [9.17, 15) is 9.59 Å². The van der Waals surface area contributed by atoms with Crippen molar-refractivity contribution in [2.45, 2.75) is 31.8 Å². The molecule has 2 heterocycles. The van der Waals surface area contributed by atoms with Gasteiger partial charge in [-0.3, -0.25) is 14.5 Å². The highest BCUT2D eigenvalue weighted by Gasteiger charge is 2.30. The molecule has 6 heteroatoms. The summed E-state index contributed by atoms with van der Waals surface area (Å²) in [4.78, 5) is 29.0. The van der Waals surface area contributed by atoms with Crippen LogP contribution in [0.5, 0.6) is 0 Å². The molecule has 0 saturated carbocycles. The Bertz CT molecular complexity index is 579. The van der Waals surface area contributed by atoms with Gasteiger partial charge in [-0.1, -0.05) is 18.2 Å². The summed E-state index contributed by atoms with van der Waals surface area (Å²) in [7, 11) is 0. The molecule has 2 aliphatic heterocycles. The first-order valence-corrected chi connectivity index (χ1v) is 9.11. The monoisotopic (exact) mass is 345 g/mol. The summed E-state index contributed by atoms with van der Waals surface area (Å²) in [6, 6.07) is 9.37. The molecule has 3 rings (SSSR count). The van der Waals surface area contributed by atoms with E-state index in [0.29, 0.717) is 31.9 Å². The molecular formula is C19H27N3O3. The summed E-state index contributed by atoms with van der Waals surface area (Å²) in [5.74, 6) is 0.173. The van der Waals surface area contributed by atoms with Gasteiger partial charge >= 0.3 is 0 Å². The average Bonchev–Trinajstić information content (AvgIpc) is 2.69. The van der Waals surface area contributed by atoms with Gasteiger partial charge in [0.15, 0.2) is 0 Å². The Morgan fingerprint density at radius 3 is 2.36 bits per heavy atom. The van der Waals surface area contributed by atoms with Crippen LogP contribution in [-0.2, 0) is 9.53 Å². The number of carbonyl (C=O) groups excluding carboxylic acids is 2. The van der Waals surface area contributed by atoms with Crippen LogP contribution in [0.2, 0.25) is 0 Å². The van der Waals surface area contributed by atoms with Gasteiger partial charge in [0.2, 0.25) is 5.91 Å². The largest absolute Gasteiger partial charge is 0.378 e. The lowest BCUT2D eigenvalue weighted by molar-refractivity contribution is -0.141. The minimum Gasteiger partial charge on any atom is -0.378 e. The normalized spacial score (nSPS) is 20.9. The molecule has 0 aromatic heterocycles. The molecule has 1 aromatic rings. The Labute approximate surface area is 149 Å². The summed E-state index contributed by atoms with van der Waals surface area (Å²) in [5.41, 5.74) is 0.695. The molecule has 0 radical (unpaired) electrons. The standard InChI is InChI=1S/C19H27N3O3/c1-15(19(24)22-11-13-25-14-12-22)21-9-7-17(8-10-21)20-18(23)16-5-3-2-4-6-16/h2-6,15,17H,7-14H2,1H3,(H,20,23)/t15-/m0/s1. The topological polar surface area (TPSA) is 61.9 Å². The summed E-state index contributed by atoms with van der Waals surface area (Å²) < 4.78 is 5.31. The number of rotatable bonds is 4. The summed E-state index contributed by atoms with van der Waals surface area (Å²) in [6.07, 6.45) is 1.75. The van der Waals surface area contributed by atoms with Gasteiger partial charge in [-0.25, -0.2) is 0 Å². The second-order valence-corrected chi connectivity index (χ2v) is 6.76. The van der Waals surface area contributed by atoms with E-state index in [1.807, 2.05) is 42.2 Å². The molecule has 0 aliphatic carbocycles. The van der Waals surface area contributed by atoms with Gasteiger partial charge in [0.1, 0.15) is 0 Å². The number of nitrogens with one attached hydrogen (secondary N) is 1. The Balaban J connectivity index is 1.46. The molecular weight excluding hydrogens is 318 g/mol. The fourth-order valence-electron chi connectivity index (χ4n) is 3.49. The number of ether oxygens (including phenoxy) is 1. The lowest BCUT2D eigenvalue weighted by atomic mass is 10.0. The number of piperidine rings is 1. The first-order valence-electron chi connectivity index (χ1n) is 9.11. The van der Waals surface area contributed by atoms with Gasteiger partial charge in [-0.15, -0.1) is 0 Å². The summed E-state index contributed by atoms with van der Waals surface area (Å²) in [6.45, 7) is 6.28. The second kappa shape index (κ2) is 8.45. The molecule has 1 aromatic carbocycles. The van der Waals surface area contributed by atoms with Crippen LogP contribution >= 0.6 is 0 Å². The zero-order chi connectivity index (χ0) is 17.6. The van der Waals surface area contributed by atoms with Crippen molar-refractivity contribution in [2.24, 2.45) is 0 Å². The quantitative estimate of drug-likeness (QED) is 0.889.